The molecule has 0 amide bonds. The average molecular weight is 320 g/mol. The summed E-state index contributed by atoms with van der Waals surface area (Å²) in [7, 11) is 0. The van der Waals surface area contributed by atoms with Gasteiger partial charge < -0.3 is 5.11 Å². The lowest BCUT2D eigenvalue weighted by atomic mass is 9.48. The zero-order chi connectivity index (χ0) is 17.3. The molecule has 2 aliphatic carbocycles. The van der Waals surface area contributed by atoms with Gasteiger partial charge in [-0.2, -0.15) is 0 Å². The summed E-state index contributed by atoms with van der Waals surface area (Å²) >= 11 is 0. The summed E-state index contributed by atoms with van der Waals surface area (Å²) in [4.78, 5) is 23.7. The molecule has 0 aromatic carbocycles. The minimum Gasteiger partial charge on any atom is -0.396 e. The van der Waals surface area contributed by atoms with Gasteiger partial charge in [0.2, 0.25) is 0 Å². The van der Waals surface area contributed by atoms with Crippen LogP contribution in [0.2, 0.25) is 0 Å². The number of hydrogen-bond donors (Lipinski definition) is 1. The Labute approximate surface area is 140 Å². The van der Waals surface area contributed by atoms with E-state index in [1.165, 1.54) is 0 Å². The quantitative estimate of drug-likeness (QED) is 0.754. The van der Waals surface area contributed by atoms with Crippen LogP contribution in [-0.2, 0) is 9.59 Å². The minimum absolute atomic E-state index is 0.0119. The fourth-order valence-corrected chi connectivity index (χ4v) is 5.16. The second-order valence-corrected chi connectivity index (χ2v) is 8.49. The molecule has 0 radical (unpaired) electrons. The number of allylic oxidation sites excluding steroid dienone is 2. The summed E-state index contributed by atoms with van der Waals surface area (Å²) in [5.41, 5.74) is 0.818. The number of ketones is 1. The number of aliphatic hydroxyl groups excluding tert-OH is 1. The lowest BCUT2D eigenvalue weighted by molar-refractivity contribution is -0.123. The molecule has 2 rings (SSSR count). The lowest BCUT2D eigenvalue weighted by Crippen LogP contribution is -2.51. The van der Waals surface area contributed by atoms with Gasteiger partial charge in [0.25, 0.3) is 0 Å². The van der Waals surface area contributed by atoms with E-state index in [4.69, 9.17) is 0 Å². The van der Waals surface area contributed by atoms with Crippen molar-refractivity contribution in [2.75, 3.05) is 6.61 Å². The van der Waals surface area contributed by atoms with Crippen molar-refractivity contribution < 1.29 is 14.7 Å². The van der Waals surface area contributed by atoms with Crippen LogP contribution in [0.15, 0.2) is 11.6 Å². The van der Waals surface area contributed by atoms with E-state index in [1.54, 1.807) is 0 Å². The molecule has 0 spiro atoms. The molecule has 0 heterocycles. The molecule has 2 aliphatic rings. The van der Waals surface area contributed by atoms with Crippen LogP contribution in [0.1, 0.15) is 66.2 Å². The highest BCUT2D eigenvalue weighted by atomic mass is 16.3. The number of carbonyl (C=O) groups excluding carboxylic acids is 2. The standard InChI is InChI=1S/C20H32O3/c1-14(2)17(23)8-7-16-15(12-21)6-9-18-19(3,13-22)10-5-11-20(16,18)4/h6,12,14,16,18,22H,5,7-11,13H2,1-4H3/t16-,18-,19-,20+/m1/s1. The van der Waals surface area contributed by atoms with Gasteiger partial charge in [0.1, 0.15) is 12.1 Å². The normalized spacial score (nSPS) is 37.2. The Balaban J connectivity index is 2.29. The number of fused-ring (bicyclic) bond motifs is 1. The third-order valence-corrected chi connectivity index (χ3v) is 6.71. The molecule has 3 nitrogen and oxygen atoms in total. The van der Waals surface area contributed by atoms with Gasteiger partial charge >= 0.3 is 0 Å². The Morgan fingerprint density at radius 2 is 2.09 bits per heavy atom. The van der Waals surface area contributed by atoms with Crippen molar-refractivity contribution in [3.05, 3.63) is 11.6 Å². The van der Waals surface area contributed by atoms with Gasteiger partial charge in [0.05, 0.1) is 0 Å². The average Bonchev–Trinajstić information content (AvgIpc) is 2.52. The molecule has 23 heavy (non-hydrogen) atoms. The van der Waals surface area contributed by atoms with Crippen molar-refractivity contribution >= 4 is 12.1 Å². The maximum atomic E-state index is 12.1. The molecular formula is C20H32O3. The van der Waals surface area contributed by atoms with Gasteiger partial charge in [-0.3, -0.25) is 9.59 Å². The van der Waals surface area contributed by atoms with Crippen LogP contribution in [-0.4, -0.2) is 23.8 Å². The van der Waals surface area contributed by atoms with E-state index in [0.717, 1.165) is 44.0 Å². The molecule has 130 valence electrons. The molecule has 0 aromatic rings. The molecule has 1 saturated carbocycles. The van der Waals surface area contributed by atoms with Gasteiger partial charge in [-0.1, -0.05) is 40.2 Å². The van der Waals surface area contributed by atoms with E-state index in [0.29, 0.717) is 12.3 Å². The summed E-state index contributed by atoms with van der Waals surface area (Å²) in [6, 6.07) is 0. The summed E-state index contributed by atoms with van der Waals surface area (Å²) < 4.78 is 0. The highest BCUT2D eigenvalue weighted by molar-refractivity contribution is 5.80. The van der Waals surface area contributed by atoms with Crippen molar-refractivity contribution in [3.63, 3.8) is 0 Å². The largest absolute Gasteiger partial charge is 0.396 e. The van der Waals surface area contributed by atoms with E-state index in [2.05, 4.69) is 19.9 Å². The van der Waals surface area contributed by atoms with Crippen molar-refractivity contribution in [1.29, 1.82) is 0 Å². The molecular weight excluding hydrogens is 288 g/mol. The number of rotatable bonds is 6. The summed E-state index contributed by atoms with van der Waals surface area (Å²) in [6.07, 6.45) is 8.47. The van der Waals surface area contributed by atoms with E-state index < -0.39 is 0 Å². The number of hydrogen-bond acceptors (Lipinski definition) is 3. The molecule has 0 aromatic heterocycles. The van der Waals surface area contributed by atoms with Crippen LogP contribution in [0.5, 0.6) is 0 Å². The van der Waals surface area contributed by atoms with Crippen molar-refractivity contribution in [1.82, 2.24) is 0 Å². The predicted octanol–water partition coefficient (Wildman–Crippen LogP) is 3.94. The minimum atomic E-state index is -0.0712. The fraction of sp³-hybridized carbons (Fsp3) is 0.800. The Hall–Kier alpha value is -0.960. The van der Waals surface area contributed by atoms with Gasteiger partial charge in [0, 0.05) is 18.9 Å². The van der Waals surface area contributed by atoms with Crippen molar-refractivity contribution in [2.24, 2.45) is 28.6 Å². The van der Waals surface area contributed by atoms with E-state index in [9.17, 15) is 14.7 Å². The number of Topliss-reactive ketones (excluding diaryl/α,β-unsaturated/α-hetero) is 1. The highest BCUT2D eigenvalue weighted by Crippen LogP contribution is 2.60. The monoisotopic (exact) mass is 320 g/mol. The summed E-state index contributed by atoms with van der Waals surface area (Å²) in [5.74, 6) is 0.867. The first-order valence-corrected chi connectivity index (χ1v) is 9.07. The van der Waals surface area contributed by atoms with E-state index >= 15 is 0 Å². The zero-order valence-corrected chi connectivity index (χ0v) is 15.1. The Morgan fingerprint density at radius 1 is 1.39 bits per heavy atom. The maximum absolute atomic E-state index is 12.1. The smallest absolute Gasteiger partial charge is 0.146 e. The van der Waals surface area contributed by atoms with E-state index in [1.807, 2.05) is 13.8 Å². The molecule has 0 unspecified atom stereocenters. The topological polar surface area (TPSA) is 54.4 Å². The number of carbonyl (C=O) groups is 2. The zero-order valence-electron chi connectivity index (χ0n) is 15.1. The molecule has 0 bridgehead atoms. The highest BCUT2D eigenvalue weighted by Gasteiger charge is 2.53. The second kappa shape index (κ2) is 6.88. The SMILES string of the molecule is CC(C)C(=O)CC[C@@H]1C(C=O)=CC[C@@H]2[C@@](C)(CO)CCC[C@@]12C. The molecule has 3 heteroatoms. The Bertz CT molecular complexity index is 493. The predicted molar refractivity (Wildman–Crippen MR) is 92.0 cm³/mol. The van der Waals surface area contributed by atoms with Gasteiger partial charge in [0.15, 0.2) is 0 Å². The van der Waals surface area contributed by atoms with Crippen LogP contribution >= 0.6 is 0 Å². The summed E-state index contributed by atoms with van der Waals surface area (Å²) in [6.45, 7) is 8.55. The molecule has 1 fully saturated rings. The fourth-order valence-electron chi connectivity index (χ4n) is 5.16. The van der Waals surface area contributed by atoms with Crippen molar-refractivity contribution in [2.45, 2.75) is 66.2 Å². The van der Waals surface area contributed by atoms with Crippen molar-refractivity contribution in [3.8, 4) is 0 Å². The third kappa shape index (κ3) is 3.31. The first-order valence-electron chi connectivity index (χ1n) is 9.07. The van der Waals surface area contributed by atoms with Crippen LogP contribution in [0.3, 0.4) is 0 Å². The third-order valence-electron chi connectivity index (χ3n) is 6.71. The van der Waals surface area contributed by atoms with Crippen LogP contribution in [0.4, 0.5) is 0 Å². The Morgan fingerprint density at radius 3 is 2.65 bits per heavy atom. The molecule has 0 aliphatic heterocycles. The first-order chi connectivity index (χ1) is 10.8. The number of aldehydes is 1. The molecule has 1 N–H and O–H groups in total. The van der Waals surface area contributed by atoms with Gasteiger partial charge in [-0.15, -0.1) is 0 Å². The van der Waals surface area contributed by atoms with E-state index in [-0.39, 0.29) is 35.1 Å². The van der Waals surface area contributed by atoms with Gasteiger partial charge in [-0.25, -0.2) is 0 Å². The van der Waals surface area contributed by atoms with Crippen LogP contribution in [0.25, 0.3) is 0 Å². The molecule has 4 atom stereocenters. The second-order valence-electron chi connectivity index (χ2n) is 8.49. The van der Waals surface area contributed by atoms with Crippen LogP contribution in [0, 0.1) is 28.6 Å². The van der Waals surface area contributed by atoms with Gasteiger partial charge in [-0.05, 0) is 53.9 Å². The first kappa shape index (κ1) is 18.4. The Kier molecular flexibility index (Phi) is 5.50. The summed E-state index contributed by atoms with van der Waals surface area (Å²) in [5, 5.41) is 9.96. The number of aliphatic hydroxyl groups is 1. The molecule has 0 saturated heterocycles. The lowest BCUT2D eigenvalue weighted by Gasteiger charge is -2.57. The van der Waals surface area contributed by atoms with Crippen LogP contribution < -0.4 is 0 Å². The maximum Gasteiger partial charge on any atom is 0.146 e.